The van der Waals surface area contributed by atoms with Crippen molar-refractivity contribution in [1.29, 1.82) is 0 Å². The zero-order chi connectivity index (χ0) is 26.2. The van der Waals surface area contributed by atoms with Gasteiger partial charge < -0.3 is 20.3 Å². The number of fused-ring (bicyclic) bond motifs is 2. The maximum absolute atomic E-state index is 13.7. The molecule has 0 bridgehead atoms. The summed E-state index contributed by atoms with van der Waals surface area (Å²) in [6.07, 6.45) is 3.94. The van der Waals surface area contributed by atoms with Crippen LogP contribution in [0, 0.1) is 0 Å². The molecule has 5 amide bonds. The van der Waals surface area contributed by atoms with Crippen LogP contribution >= 0.6 is 0 Å². The van der Waals surface area contributed by atoms with Gasteiger partial charge in [0.15, 0.2) is 0 Å². The molecule has 1 spiro atoms. The van der Waals surface area contributed by atoms with E-state index in [0.717, 1.165) is 41.7 Å². The molecule has 0 aromatic heterocycles. The summed E-state index contributed by atoms with van der Waals surface area (Å²) in [6, 6.07) is 14.5. The topological polar surface area (TPSA) is 108 Å². The average molecular weight is 505 g/mol. The second-order valence-corrected chi connectivity index (χ2v) is 9.99. The molecule has 37 heavy (non-hydrogen) atoms. The molecule has 3 aliphatic rings. The molecule has 194 valence electrons. The predicted octanol–water partition coefficient (Wildman–Crippen LogP) is 4.09. The van der Waals surface area contributed by atoms with Gasteiger partial charge in [0.1, 0.15) is 6.54 Å². The van der Waals surface area contributed by atoms with E-state index in [1.807, 2.05) is 42.2 Å². The highest BCUT2D eigenvalue weighted by Gasteiger charge is 2.58. The standard InChI is InChI=1S/C28H32N4O5/c1-18(19-8-4-3-5-9-19)32(22-10-6-7-11-22)24(33)17-31-25(34)28(37-27(31)36)15-14-20-16-21(12-13-23(20)28)30-26(35)29-2/h3-5,8-9,12-13,16,18,22H,6-7,10-11,14-15,17H2,1-2H3,(H2,29,30,35)/t18-,28+/m0/s1. The third-order valence-electron chi connectivity index (χ3n) is 7.84. The van der Waals surface area contributed by atoms with Gasteiger partial charge in [-0.05, 0) is 49.4 Å². The molecule has 0 radical (unpaired) electrons. The van der Waals surface area contributed by atoms with Crippen LogP contribution in [0.1, 0.15) is 61.8 Å². The number of nitrogens with zero attached hydrogens (tertiary/aromatic N) is 2. The largest absolute Gasteiger partial charge is 0.427 e. The van der Waals surface area contributed by atoms with Crippen LogP contribution in [0.25, 0.3) is 0 Å². The Hall–Kier alpha value is -3.88. The van der Waals surface area contributed by atoms with Crippen molar-refractivity contribution in [3.63, 3.8) is 0 Å². The number of imide groups is 1. The van der Waals surface area contributed by atoms with Crippen LogP contribution in [0.4, 0.5) is 15.3 Å². The number of ether oxygens (including phenoxy) is 1. The Morgan fingerprint density at radius 2 is 1.86 bits per heavy atom. The third kappa shape index (κ3) is 4.43. The number of amides is 5. The van der Waals surface area contributed by atoms with E-state index in [0.29, 0.717) is 24.1 Å². The molecule has 2 N–H and O–H groups in total. The van der Waals surface area contributed by atoms with Crippen molar-refractivity contribution in [1.82, 2.24) is 15.1 Å². The molecule has 9 heteroatoms. The number of rotatable bonds is 6. The van der Waals surface area contributed by atoms with Gasteiger partial charge in [-0.2, -0.15) is 0 Å². The molecule has 2 aliphatic carbocycles. The number of benzene rings is 2. The summed E-state index contributed by atoms with van der Waals surface area (Å²) in [5, 5.41) is 5.21. The molecule has 2 fully saturated rings. The highest BCUT2D eigenvalue weighted by Crippen LogP contribution is 2.46. The van der Waals surface area contributed by atoms with E-state index in [1.54, 1.807) is 18.2 Å². The summed E-state index contributed by atoms with van der Waals surface area (Å²) in [5.41, 5.74) is 1.60. The number of hydrogen-bond acceptors (Lipinski definition) is 5. The summed E-state index contributed by atoms with van der Waals surface area (Å²) in [4.78, 5) is 54.8. The second kappa shape index (κ2) is 9.88. The molecule has 0 unspecified atom stereocenters. The lowest BCUT2D eigenvalue weighted by Crippen LogP contribution is -2.48. The first kappa shape index (κ1) is 24.8. The number of aryl methyl sites for hydroxylation is 1. The van der Waals surface area contributed by atoms with Gasteiger partial charge >= 0.3 is 12.1 Å². The Kier molecular flexibility index (Phi) is 6.62. The lowest BCUT2D eigenvalue weighted by atomic mass is 9.94. The van der Waals surface area contributed by atoms with E-state index < -0.39 is 17.6 Å². The first-order chi connectivity index (χ1) is 17.8. The molecule has 1 heterocycles. The van der Waals surface area contributed by atoms with Crippen molar-refractivity contribution in [2.24, 2.45) is 0 Å². The highest BCUT2D eigenvalue weighted by atomic mass is 16.6. The summed E-state index contributed by atoms with van der Waals surface area (Å²) in [5.74, 6) is -0.760. The Balaban J connectivity index is 1.37. The van der Waals surface area contributed by atoms with E-state index >= 15 is 0 Å². The van der Waals surface area contributed by atoms with Gasteiger partial charge in [0.25, 0.3) is 5.91 Å². The Labute approximate surface area is 216 Å². The maximum Gasteiger partial charge on any atom is 0.418 e. The molecule has 5 rings (SSSR count). The summed E-state index contributed by atoms with van der Waals surface area (Å²) < 4.78 is 5.72. The number of carbonyl (C=O) groups excluding carboxylic acids is 4. The molecule has 1 saturated carbocycles. The molecule has 9 nitrogen and oxygen atoms in total. The number of hydrogen-bond donors (Lipinski definition) is 2. The smallest absolute Gasteiger partial charge is 0.418 e. The molecule has 1 saturated heterocycles. The maximum atomic E-state index is 13.7. The van der Waals surface area contributed by atoms with Crippen molar-refractivity contribution in [2.45, 2.75) is 63.1 Å². The first-order valence-corrected chi connectivity index (χ1v) is 12.9. The molecule has 2 aromatic carbocycles. The van der Waals surface area contributed by atoms with Gasteiger partial charge in [-0.1, -0.05) is 49.2 Å². The van der Waals surface area contributed by atoms with Gasteiger partial charge in [-0.25, -0.2) is 14.5 Å². The van der Waals surface area contributed by atoms with Crippen LogP contribution in [0.15, 0.2) is 48.5 Å². The molecular weight excluding hydrogens is 472 g/mol. The van der Waals surface area contributed by atoms with E-state index in [1.165, 1.54) is 7.05 Å². The third-order valence-corrected chi connectivity index (χ3v) is 7.84. The second-order valence-electron chi connectivity index (χ2n) is 9.99. The SMILES string of the molecule is CNC(=O)Nc1ccc2c(c1)CC[C@@]21OC(=O)N(CC(=O)N(C2CCCC2)[C@@H](C)c2ccccc2)C1=O. The van der Waals surface area contributed by atoms with E-state index in [-0.39, 0.29) is 30.6 Å². The van der Waals surface area contributed by atoms with Crippen molar-refractivity contribution in [3.05, 3.63) is 65.2 Å². The van der Waals surface area contributed by atoms with Gasteiger partial charge in [0.2, 0.25) is 11.5 Å². The van der Waals surface area contributed by atoms with Crippen molar-refractivity contribution in [3.8, 4) is 0 Å². The Morgan fingerprint density at radius 3 is 2.57 bits per heavy atom. The minimum atomic E-state index is -1.43. The Bertz CT molecular complexity index is 1230. The van der Waals surface area contributed by atoms with Gasteiger partial charge in [-0.15, -0.1) is 0 Å². The minimum Gasteiger partial charge on any atom is -0.427 e. The van der Waals surface area contributed by atoms with E-state index in [9.17, 15) is 19.2 Å². The van der Waals surface area contributed by atoms with Crippen LogP contribution in [-0.2, 0) is 26.3 Å². The van der Waals surface area contributed by atoms with Gasteiger partial charge in [0, 0.05) is 30.8 Å². The van der Waals surface area contributed by atoms with E-state index in [2.05, 4.69) is 10.6 Å². The monoisotopic (exact) mass is 504 g/mol. The summed E-state index contributed by atoms with van der Waals surface area (Å²) in [7, 11) is 1.53. The first-order valence-electron chi connectivity index (χ1n) is 12.9. The lowest BCUT2D eigenvalue weighted by Gasteiger charge is -2.35. The van der Waals surface area contributed by atoms with Crippen LogP contribution in [0.5, 0.6) is 0 Å². The molecule has 1 aliphatic heterocycles. The van der Waals surface area contributed by atoms with Crippen molar-refractivity contribution >= 4 is 29.6 Å². The fourth-order valence-electron chi connectivity index (χ4n) is 5.95. The van der Waals surface area contributed by atoms with Crippen molar-refractivity contribution < 1.29 is 23.9 Å². The van der Waals surface area contributed by atoms with Crippen molar-refractivity contribution in [2.75, 3.05) is 18.9 Å². The van der Waals surface area contributed by atoms with Gasteiger partial charge in [0.05, 0.1) is 6.04 Å². The fourth-order valence-corrected chi connectivity index (χ4v) is 5.95. The normalized spacial score (nSPS) is 21.6. The molecular formula is C28H32N4O5. The predicted molar refractivity (Wildman–Crippen MR) is 137 cm³/mol. The average Bonchev–Trinajstić information content (AvgIpc) is 3.61. The summed E-state index contributed by atoms with van der Waals surface area (Å²) >= 11 is 0. The van der Waals surface area contributed by atoms with Gasteiger partial charge in [-0.3, -0.25) is 9.59 Å². The zero-order valence-corrected chi connectivity index (χ0v) is 21.2. The number of urea groups is 1. The van der Waals surface area contributed by atoms with Crippen LogP contribution in [0.2, 0.25) is 0 Å². The fraction of sp³-hybridized carbons (Fsp3) is 0.429. The van der Waals surface area contributed by atoms with E-state index in [4.69, 9.17) is 4.74 Å². The minimum absolute atomic E-state index is 0.0730. The van der Waals surface area contributed by atoms with Crippen LogP contribution in [0.3, 0.4) is 0 Å². The lowest BCUT2D eigenvalue weighted by molar-refractivity contribution is -0.144. The number of carbonyl (C=O) groups is 4. The van der Waals surface area contributed by atoms with Crippen LogP contribution < -0.4 is 10.6 Å². The number of nitrogens with one attached hydrogen (secondary N) is 2. The van der Waals surface area contributed by atoms with Crippen LogP contribution in [-0.4, -0.2) is 53.4 Å². The zero-order valence-electron chi connectivity index (χ0n) is 21.2. The summed E-state index contributed by atoms with van der Waals surface area (Å²) in [6.45, 7) is 1.65. The Morgan fingerprint density at radius 1 is 1.14 bits per heavy atom. The highest BCUT2D eigenvalue weighted by molar-refractivity contribution is 6.06. The number of anilines is 1. The molecule has 2 aromatic rings. The quantitative estimate of drug-likeness (QED) is 0.616. The molecule has 2 atom stereocenters.